The normalized spacial score (nSPS) is 22.6. The number of morpholine rings is 1. The van der Waals surface area contributed by atoms with Crippen LogP contribution in [0.3, 0.4) is 0 Å². The third-order valence-corrected chi connectivity index (χ3v) is 3.35. The Bertz CT molecular complexity index is 353. The lowest BCUT2D eigenvalue weighted by Gasteiger charge is -2.34. The molecule has 2 heterocycles. The van der Waals surface area contributed by atoms with Gasteiger partial charge < -0.3 is 4.74 Å². The van der Waals surface area contributed by atoms with Crippen LogP contribution in [0.25, 0.3) is 0 Å². The van der Waals surface area contributed by atoms with E-state index < -0.39 is 0 Å². The summed E-state index contributed by atoms with van der Waals surface area (Å²) >= 11 is 5.94. The summed E-state index contributed by atoms with van der Waals surface area (Å²) in [7, 11) is 1.98. The van der Waals surface area contributed by atoms with Crippen molar-refractivity contribution < 1.29 is 4.74 Å². The number of rotatable bonds is 3. The van der Waals surface area contributed by atoms with Gasteiger partial charge in [0.05, 0.1) is 24.6 Å². The predicted octanol–water partition coefficient (Wildman–Crippen LogP) is 1.17. The summed E-state index contributed by atoms with van der Waals surface area (Å²) in [5.41, 5.74) is 2.29. The van der Waals surface area contributed by atoms with Crippen LogP contribution in [0.1, 0.15) is 11.4 Å². The Morgan fingerprint density at radius 1 is 1.62 bits per heavy atom. The summed E-state index contributed by atoms with van der Waals surface area (Å²) < 4.78 is 7.37. The van der Waals surface area contributed by atoms with Crippen LogP contribution in [-0.2, 0) is 18.3 Å². The maximum absolute atomic E-state index is 5.94. The summed E-state index contributed by atoms with van der Waals surface area (Å²) in [6.07, 6.45) is 0. The lowest BCUT2D eigenvalue weighted by atomic mass is 10.2. The SMILES string of the molecule is Cc1cc(CN2CCOCC2CCl)n(C)n1. The molecule has 0 amide bonds. The molecule has 0 radical (unpaired) electrons. The first kappa shape index (κ1) is 11.9. The van der Waals surface area contributed by atoms with Crippen molar-refractivity contribution in [3.63, 3.8) is 0 Å². The van der Waals surface area contributed by atoms with E-state index in [-0.39, 0.29) is 0 Å². The summed E-state index contributed by atoms with van der Waals surface area (Å²) in [5, 5.41) is 4.35. The molecule has 0 spiro atoms. The van der Waals surface area contributed by atoms with E-state index in [0.29, 0.717) is 11.9 Å². The van der Waals surface area contributed by atoms with E-state index in [1.54, 1.807) is 0 Å². The second-order valence-corrected chi connectivity index (χ2v) is 4.56. The standard InChI is InChI=1S/C11H18ClN3O/c1-9-5-10(14(2)13-9)7-15-3-4-16-8-11(15)6-12/h5,11H,3-4,6-8H2,1-2H3. The fourth-order valence-corrected chi connectivity index (χ4v) is 2.34. The Hall–Kier alpha value is -0.580. The Morgan fingerprint density at radius 3 is 3.06 bits per heavy atom. The highest BCUT2D eigenvalue weighted by atomic mass is 35.5. The van der Waals surface area contributed by atoms with E-state index >= 15 is 0 Å². The van der Waals surface area contributed by atoms with E-state index in [1.165, 1.54) is 5.69 Å². The molecule has 90 valence electrons. The average Bonchev–Trinajstić information content (AvgIpc) is 2.58. The van der Waals surface area contributed by atoms with Gasteiger partial charge in [-0.05, 0) is 13.0 Å². The molecular formula is C11H18ClN3O. The molecule has 1 aliphatic heterocycles. The Morgan fingerprint density at radius 2 is 2.44 bits per heavy atom. The number of aromatic nitrogens is 2. The van der Waals surface area contributed by atoms with E-state index in [4.69, 9.17) is 16.3 Å². The molecule has 0 N–H and O–H groups in total. The minimum atomic E-state index is 0.325. The van der Waals surface area contributed by atoms with Gasteiger partial charge in [0.1, 0.15) is 0 Å². The quantitative estimate of drug-likeness (QED) is 0.747. The molecule has 16 heavy (non-hydrogen) atoms. The molecule has 1 saturated heterocycles. The van der Waals surface area contributed by atoms with Gasteiger partial charge in [0.15, 0.2) is 0 Å². The number of alkyl halides is 1. The van der Waals surface area contributed by atoms with Crippen molar-refractivity contribution in [2.45, 2.75) is 19.5 Å². The number of aryl methyl sites for hydroxylation is 2. The summed E-state index contributed by atoms with van der Waals surface area (Å²) in [6.45, 7) is 5.39. The van der Waals surface area contributed by atoms with E-state index in [2.05, 4.69) is 16.1 Å². The van der Waals surface area contributed by atoms with Crippen molar-refractivity contribution in [2.75, 3.05) is 25.6 Å². The topological polar surface area (TPSA) is 30.3 Å². The molecule has 1 atom stereocenters. The molecule has 1 aromatic heterocycles. The Labute approximate surface area is 101 Å². The lowest BCUT2D eigenvalue weighted by Crippen LogP contribution is -2.46. The second-order valence-electron chi connectivity index (χ2n) is 4.25. The number of halogens is 1. The van der Waals surface area contributed by atoms with Gasteiger partial charge >= 0.3 is 0 Å². The van der Waals surface area contributed by atoms with Crippen molar-refractivity contribution >= 4 is 11.6 Å². The van der Waals surface area contributed by atoms with Gasteiger partial charge in [-0.15, -0.1) is 11.6 Å². The largest absolute Gasteiger partial charge is 0.378 e. The molecule has 0 saturated carbocycles. The van der Waals surface area contributed by atoms with Crippen LogP contribution in [0, 0.1) is 6.92 Å². The van der Waals surface area contributed by atoms with Crippen LogP contribution in [0.5, 0.6) is 0 Å². The van der Waals surface area contributed by atoms with Gasteiger partial charge in [-0.3, -0.25) is 9.58 Å². The summed E-state index contributed by atoms with van der Waals surface area (Å²) in [5.74, 6) is 0.622. The molecule has 1 unspecified atom stereocenters. The predicted molar refractivity (Wildman–Crippen MR) is 63.7 cm³/mol. The number of ether oxygens (including phenoxy) is 1. The number of nitrogens with zero attached hydrogens (tertiary/aromatic N) is 3. The third kappa shape index (κ3) is 2.56. The van der Waals surface area contributed by atoms with Crippen LogP contribution in [0.2, 0.25) is 0 Å². The zero-order valence-electron chi connectivity index (χ0n) is 9.82. The fourth-order valence-electron chi connectivity index (χ4n) is 2.06. The Kier molecular flexibility index (Phi) is 3.84. The first-order valence-corrected chi connectivity index (χ1v) is 6.11. The second kappa shape index (κ2) is 5.17. The van der Waals surface area contributed by atoms with E-state index in [0.717, 1.165) is 32.0 Å². The molecule has 0 bridgehead atoms. The van der Waals surface area contributed by atoms with E-state index in [9.17, 15) is 0 Å². The van der Waals surface area contributed by atoms with Crippen molar-refractivity contribution in [2.24, 2.45) is 7.05 Å². The van der Waals surface area contributed by atoms with Gasteiger partial charge in [0, 0.05) is 32.1 Å². The van der Waals surface area contributed by atoms with Crippen LogP contribution in [-0.4, -0.2) is 46.4 Å². The van der Waals surface area contributed by atoms with Crippen LogP contribution >= 0.6 is 11.6 Å². The Balaban J connectivity index is 2.04. The van der Waals surface area contributed by atoms with Crippen molar-refractivity contribution in [3.8, 4) is 0 Å². The van der Waals surface area contributed by atoms with Crippen LogP contribution < -0.4 is 0 Å². The summed E-state index contributed by atoms with van der Waals surface area (Å²) in [4.78, 5) is 2.37. The first-order valence-electron chi connectivity index (χ1n) is 5.58. The summed E-state index contributed by atoms with van der Waals surface area (Å²) in [6, 6.07) is 2.45. The molecule has 2 rings (SSSR count). The molecule has 4 nitrogen and oxygen atoms in total. The monoisotopic (exact) mass is 243 g/mol. The highest BCUT2D eigenvalue weighted by molar-refractivity contribution is 6.18. The maximum Gasteiger partial charge on any atom is 0.0634 e. The van der Waals surface area contributed by atoms with Gasteiger partial charge in [-0.25, -0.2) is 0 Å². The first-order chi connectivity index (χ1) is 7.70. The van der Waals surface area contributed by atoms with Crippen molar-refractivity contribution in [1.82, 2.24) is 14.7 Å². The zero-order valence-corrected chi connectivity index (χ0v) is 10.6. The number of hydrogen-bond donors (Lipinski definition) is 0. The molecular weight excluding hydrogens is 226 g/mol. The van der Waals surface area contributed by atoms with Gasteiger partial charge in [0.25, 0.3) is 0 Å². The van der Waals surface area contributed by atoms with Gasteiger partial charge in [0.2, 0.25) is 0 Å². The van der Waals surface area contributed by atoms with Gasteiger partial charge in [-0.2, -0.15) is 5.10 Å². The maximum atomic E-state index is 5.94. The minimum Gasteiger partial charge on any atom is -0.378 e. The zero-order chi connectivity index (χ0) is 11.5. The molecule has 1 aromatic rings. The molecule has 0 aromatic carbocycles. The third-order valence-electron chi connectivity index (χ3n) is 2.99. The minimum absolute atomic E-state index is 0.325. The molecule has 1 fully saturated rings. The lowest BCUT2D eigenvalue weighted by molar-refractivity contribution is -0.00404. The molecule has 5 heteroatoms. The molecule has 0 aliphatic carbocycles. The highest BCUT2D eigenvalue weighted by Gasteiger charge is 2.23. The smallest absolute Gasteiger partial charge is 0.0634 e. The van der Waals surface area contributed by atoms with Crippen molar-refractivity contribution in [3.05, 3.63) is 17.5 Å². The number of hydrogen-bond acceptors (Lipinski definition) is 3. The van der Waals surface area contributed by atoms with Crippen molar-refractivity contribution in [1.29, 1.82) is 0 Å². The van der Waals surface area contributed by atoms with Crippen LogP contribution in [0.4, 0.5) is 0 Å². The van der Waals surface area contributed by atoms with E-state index in [1.807, 2.05) is 18.7 Å². The highest BCUT2D eigenvalue weighted by Crippen LogP contribution is 2.13. The average molecular weight is 244 g/mol. The van der Waals surface area contributed by atoms with Gasteiger partial charge in [-0.1, -0.05) is 0 Å². The molecule has 1 aliphatic rings. The fraction of sp³-hybridized carbons (Fsp3) is 0.727. The van der Waals surface area contributed by atoms with Crippen LogP contribution in [0.15, 0.2) is 6.07 Å².